The van der Waals surface area contributed by atoms with E-state index < -0.39 is 0 Å². The maximum atomic E-state index is 9.30. The van der Waals surface area contributed by atoms with Crippen LogP contribution in [0.2, 0.25) is 0 Å². The molecule has 3 nitrogen and oxygen atoms in total. The van der Waals surface area contributed by atoms with Crippen molar-refractivity contribution < 1.29 is 14.6 Å². The quantitative estimate of drug-likeness (QED) is 0.866. The second kappa shape index (κ2) is 7.22. The summed E-state index contributed by atoms with van der Waals surface area (Å²) in [5.41, 5.74) is 1.64. The summed E-state index contributed by atoms with van der Waals surface area (Å²) in [5.74, 6) is 7.27. The molecule has 0 saturated carbocycles. The summed E-state index contributed by atoms with van der Waals surface area (Å²) in [6.45, 7) is 0.173. The van der Waals surface area contributed by atoms with Crippen LogP contribution in [0.25, 0.3) is 0 Å². The van der Waals surface area contributed by atoms with Crippen molar-refractivity contribution >= 4 is 0 Å². The van der Waals surface area contributed by atoms with Gasteiger partial charge in [0.25, 0.3) is 0 Å². The molecule has 0 amide bonds. The van der Waals surface area contributed by atoms with Gasteiger partial charge in [-0.3, -0.25) is 0 Å². The molecule has 0 bridgehead atoms. The van der Waals surface area contributed by atoms with Crippen LogP contribution in [0.5, 0.6) is 11.5 Å². The SMILES string of the molecule is COc1ccc(OCC#Cc2ccccc2)c(CO)c1. The molecule has 0 aliphatic heterocycles. The van der Waals surface area contributed by atoms with E-state index in [1.165, 1.54) is 0 Å². The summed E-state index contributed by atoms with van der Waals surface area (Å²) in [6.07, 6.45) is 0. The molecule has 0 unspecified atom stereocenters. The molecule has 0 aromatic heterocycles. The number of benzene rings is 2. The standard InChI is InChI=1S/C17H16O3/c1-19-16-9-10-17(15(12-16)13-18)20-11-5-8-14-6-3-2-4-7-14/h2-4,6-7,9-10,12,18H,11,13H2,1H3. The van der Waals surface area contributed by atoms with E-state index in [0.717, 1.165) is 5.56 Å². The Hall–Kier alpha value is -2.44. The fourth-order valence-electron chi connectivity index (χ4n) is 1.72. The molecule has 0 aliphatic carbocycles. The Morgan fingerprint density at radius 1 is 1.10 bits per heavy atom. The molecule has 0 atom stereocenters. The Morgan fingerprint density at radius 2 is 1.90 bits per heavy atom. The molecule has 0 heterocycles. The van der Waals surface area contributed by atoms with Crippen molar-refractivity contribution in [1.82, 2.24) is 0 Å². The number of hydrogen-bond donors (Lipinski definition) is 1. The number of methoxy groups -OCH3 is 1. The third-order valence-corrected chi connectivity index (χ3v) is 2.74. The van der Waals surface area contributed by atoms with E-state index in [1.807, 2.05) is 30.3 Å². The van der Waals surface area contributed by atoms with Gasteiger partial charge < -0.3 is 14.6 Å². The first kappa shape index (κ1) is 14.0. The second-order valence-corrected chi connectivity index (χ2v) is 4.09. The molecular formula is C17H16O3. The average Bonchev–Trinajstić information content (AvgIpc) is 2.52. The van der Waals surface area contributed by atoms with Crippen LogP contribution in [-0.4, -0.2) is 18.8 Å². The summed E-state index contributed by atoms with van der Waals surface area (Å²) in [4.78, 5) is 0. The van der Waals surface area contributed by atoms with Gasteiger partial charge in [-0.1, -0.05) is 30.0 Å². The lowest BCUT2D eigenvalue weighted by Crippen LogP contribution is -1.99. The highest BCUT2D eigenvalue weighted by Crippen LogP contribution is 2.23. The molecule has 0 fully saturated rings. The zero-order valence-electron chi connectivity index (χ0n) is 11.3. The summed E-state index contributed by atoms with van der Waals surface area (Å²) in [5, 5.41) is 9.30. The molecular weight excluding hydrogens is 252 g/mol. The van der Waals surface area contributed by atoms with E-state index in [4.69, 9.17) is 9.47 Å². The Kier molecular flexibility index (Phi) is 5.05. The van der Waals surface area contributed by atoms with Crippen LogP contribution < -0.4 is 9.47 Å². The molecule has 0 radical (unpaired) electrons. The highest BCUT2D eigenvalue weighted by atomic mass is 16.5. The maximum absolute atomic E-state index is 9.30. The lowest BCUT2D eigenvalue weighted by molar-refractivity contribution is 0.269. The van der Waals surface area contributed by atoms with Crippen LogP contribution in [0, 0.1) is 11.8 Å². The molecule has 1 N–H and O–H groups in total. The van der Waals surface area contributed by atoms with Crippen molar-refractivity contribution in [1.29, 1.82) is 0 Å². The van der Waals surface area contributed by atoms with Crippen LogP contribution in [-0.2, 0) is 6.61 Å². The minimum absolute atomic E-state index is 0.0986. The smallest absolute Gasteiger partial charge is 0.149 e. The molecule has 0 spiro atoms. The average molecular weight is 268 g/mol. The molecule has 20 heavy (non-hydrogen) atoms. The van der Waals surface area contributed by atoms with Crippen LogP contribution in [0.1, 0.15) is 11.1 Å². The van der Waals surface area contributed by atoms with Gasteiger partial charge in [0.2, 0.25) is 0 Å². The maximum Gasteiger partial charge on any atom is 0.149 e. The summed E-state index contributed by atoms with van der Waals surface area (Å²) < 4.78 is 10.7. The Morgan fingerprint density at radius 3 is 2.60 bits per heavy atom. The fourth-order valence-corrected chi connectivity index (χ4v) is 1.72. The highest BCUT2D eigenvalue weighted by Gasteiger charge is 2.04. The largest absolute Gasteiger partial charge is 0.497 e. The van der Waals surface area contributed by atoms with E-state index >= 15 is 0 Å². The molecule has 3 heteroatoms. The van der Waals surface area contributed by atoms with Gasteiger partial charge in [-0.15, -0.1) is 0 Å². The van der Waals surface area contributed by atoms with Crippen LogP contribution in [0.3, 0.4) is 0 Å². The zero-order valence-corrected chi connectivity index (χ0v) is 11.3. The van der Waals surface area contributed by atoms with Crippen LogP contribution >= 0.6 is 0 Å². The highest BCUT2D eigenvalue weighted by molar-refractivity contribution is 5.40. The molecule has 0 aliphatic rings. The van der Waals surface area contributed by atoms with Gasteiger partial charge in [0.15, 0.2) is 0 Å². The predicted molar refractivity (Wildman–Crippen MR) is 77.7 cm³/mol. The first-order chi connectivity index (χ1) is 9.83. The third-order valence-electron chi connectivity index (χ3n) is 2.74. The molecule has 102 valence electrons. The van der Waals surface area contributed by atoms with Crippen LogP contribution in [0.15, 0.2) is 48.5 Å². The van der Waals surface area contributed by atoms with Crippen molar-refractivity contribution in [3.63, 3.8) is 0 Å². The topological polar surface area (TPSA) is 38.7 Å². The Bertz CT molecular complexity index is 609. The predicted octanol–water partition coefficient (Wildman–Crippen LogP) is 2.62. The number of aliphatic hydroxyl groups is 1. The monoisotopic (exact) mass is 268 g/mol. The van der Waals surface area contributed by atoms with E-state index in [2.05, 4.69) is 11.8 Å². The number of ether oxygens (including phenoxy) is 2. The van der Waals surface area contributed by atoms with E-state index in [1.54, 1.807) is 25.3 Å². The first-order valence-electron chi connectivity index (χ1n) is 6.28. The lowest BCUT2D eigenvalue weighted by Gasteiger charge is -2.09. The van der Waals surface area contributed by atoms with Gasteiger partial charge in [-0.2, -0.15) is 0 Å². The molecule has 2 aromatic carbocycles. The van der Waals surface area contributed by atoms with Gasteiger partial charge in [0.1, 0.15) is 18.1 Å². The lowest BCUT2D eigenvalue weighted by atomic mass is 10.2. The molecule has 2 aromatic rings. The normalized spacial score (nSPS) is 9.50. The number of aliphatic hydroxyl groups excluding tert-OH is 1. The first-order valence-corrected chi connectivity index (χ1v) is 6.28. The molecule has 2 rings (SSSR count). The zero-order chi connectivity index (χ0) is 14.2. The number of hydrogen-bond acceptors (Lipinski definition) is 3. The van der Waals surface area contributed by atoms with E-state index in [0.29, 0.717) is 17.1 Å². The fraction of sp³-hybridized carbons (Fsp3) is 0.176. The van der Waals surface area contributed by atoms with Gasteiger partial charge in [0.05, 0.1) is 13.7 Å². The second-order valence-electron chi connectivity index (χ2n) is 4.09. The Balaban J connectivity index is 1.99. The van der Waals surface area contributed by atoms with E-state index in [9.17, 15) is 5.11 Å². The summed E-state index contributed by atoms with van der Waals surface area (Å²) in [7, 11) is 1.59. The van der Waals surface area contributed by atoms with Crippen molar-refractivity contribution in [2.75, 3.05) is 13.7 Å². The van der Waals surface area contributed by atoms with Crippen molar-refractivity contribution in [2.45, 2.75) is 6.61 Å². The number of rotatable bonds is 4. The third kappa shape index (κ3) is 3.78. The van der Waals surface area contributed by atoms with Gasteiger partial charge in [-0.05, 0) is 30.3 Å². The van der Waals surface area contributed by atoms with Gasteiger partial charge in [-0.25, -0.2) is 0 Å². The van der Waals surface area contributed by atoms with Crippen molar-refractivity contribution in [2.24, 2.45) is 0 Å². The summed E-state index contributed by atoms with van der Waals surface area (Å²) >= 11 is 0. The van der Waals surface area contributed by atoms with E-state index in [-0.39, 0.29) is 13.2 Å². The van der Waals surface area contributed by atoms with Crippen molar-refractivity contribution in [3.05, 3.63) is 59.7 Å². The molecule has 0 saturated heterocycles. The van der Waals surface area contributed by atoms with Crippen molar-refractivity contribution in [3.8, 4) is 23.3 Å². The Labute approximate surface area is 118 Å². The van der Waals surface area contributed by atoms with Gasteiger partial charge in [0, 0.05) is 11.1 Å². The minimum Gasteiger partial charge on any atom is -0.497 e. The van der Waals surface area contributed by atoms with Gasteiger partial charge >= 0.3 is 0 Å². The van der Waals surface area contributed by atoms with Crippen LogP contribution in [0.4, 0.5) is 0 Å². The summed E-state index contributed by atoms with van der Waals surface area (Å²) in [6, 6.07) is 15.0. The minimum atomic E-state index is -0.0986.